The second-order valence-electron chi connectivity index (χ2n) is 9.02. The molecule has 0 fully saturated rings. The zero-order valence-corrected chi connectivity index (χ0v) is 21.5. The molecule has 2 aromatic rings. The van der Waals surface area contributed by atoms with Gasteiger partial charge in [0, 0.05) is 25.9 Å². The van der Waals surface area contributed by atoms with Crippen LogP contribution in [0.2, 0.25) is 0 Å². The van der Waals surface area contributed by atoms with Crippen LogP contribution in [0, 0.1) is 0 Å². The Morgan fingerprint density at radius 2 is 1.09 bits per heavy atom. The first-order valence-electron chi connectivity index (χ1n) is 13.3. The van der Waals surface area contributed by atoms with Gasteiger partial charge in [-0.1, -0.05) is 99.7 Å². The molecule has 0 spiro atoms. The third kappa shape index (κ3) is 14.4. The van der Waals surface area contributed by atoms with Crippen molar-refractivity contribution in [3.05, 3.63) is 71.8 Å². The van der Waals surface area contributed by atoms with Crippen LogP contribution in [-0.4, -0.2) is 49.7 Å². The fraction of sp³-hybridized carbons (Fsp3) is 0.533. The maximum absolute atomic E-state index is 12.3. The van der Waals surface area contributed by atoms with Crippen LogP contribution in [0.5, 0.6) is 0 Å². The summed E-state index contributed by atoms with van der Waals surface area (Å²) in [6.07, 6.45) is 9.43. The van der Waals surface area contributed by atoms with Crippen molar-refractivity contribution in [1.29, 1.82) is 0 Å². The average Bonchev–Trinajstić information content (AvgIpc) is 2.88. The molecular weight excluding hydrogens is 438 g/mol. The van der Waals surface area contributed by atoms with Crippen LogP contribution in [0.15, 0.2) is 60.7 Å². The van der Waals surface area contributed by atoms with Crippen LogP contribution < -0.4 is 0 Å². The first-order chi connectivity index (χ1) is 17.2. The highest BCUT2D eigenvalue weighted by Crippen LogP contribution is 2.08. The summed E-state index contributed by atoms with van der Waals surface area (Å²) in [7, 11) is 0. The molecule has 0 radical (unpaired) electrons. The monoisotopic (exact) mass is 481 g/mol. The fourth-order valence-electron chi connectivity index (χ4n) is 3.95. The van der Waals surface area contributed by atoms with Gasteiger partial charge in [-0.15, -0.1) is 0 Å². The molecule has 0 aromatic heterocycles. The minimum atomic E-state index is -0.181. The molecule has 0 heterocycles. The number of carbonyl (C=O) groups excluding carboxylic acids is 2. The molecule has 35 heavy (non-hydrogen) atoms. The van der Waals surface area contributed by atoms with Crippen molar-refractivity contribution in [1.82, 2.24) is 4.90 Å². The number of hydrogen-bond donors (Lipinski definition) is 0. The minimum absolute atomic E-state index is 0.181. The Bertz CT molecular complexity index is 748. The predicted molar refractivity (Wildman–Crippen MR) is 141 cm³/mol. The Morgan fingerprint density at radius 3 is 1.57 bits per heavy atom. The van der Waals surface area contributed by atoms with E-state index in [0.717, 1.165) is 36.9 Å². The van der Waals surface area contributed by atoms with Crippen molar-refractivity contribution in [3.8, 4) is 0 Å². The predicted octanol–water partition coefficient (Wildman–Crippen LogP) is 6.00. The van der Waals surface area contributed by atoms with Crippen LogP contribution in [0.4, 0.5) is 0 Å². The summed E-state index contributed by atoms with van der Waals surface area (Å²) < 4.78 is 10.9. The number of hydrogen-bond acceptors (Lipinski definition) is 5. The average molecular weight is 482 g/mol. The van der Waals surface area contributed by atoms with Gasteiger partial charge in [-0.05, 0) is 24.1 Å². The van der Waals surface area contributed by atoms with Gasteiger partial charge in [-0.2, -0.15) is 0 Å². The molecule has 2 aromatic carbocycles. The Balaban J connectivity index is 1.68. The van der Waals surface area contributed by atoms with Gasteiger partial charge in [-0.3, -0.25) is 9.59 Å². The number of ether oxygens (including phenoxy) is 2. The van der Waals surface area contributed by atoms with E-state index in [1.54, 1.807) is 0 Å². The highest BCUT2D eigenvalue weighted by molar-refractivity contribution is 5.70. The van der Waals surface area contributed by atoms with Gasteiger partial charge in [0.1, 0.15) is 0 Å². The fourth-order valence-corrected chi connectivity index (χ4v) is 3.95. The largest absolute Gasteiger partial charge is 0.465 e. The third-order valence-corrected chi connectivity index (χ3v) is 6.09. The molecule has 0 saturated carbocycles. The van der Waals surface area contributed by atoms with Crippen LogP contribution >= 0.6 is 0 Å². The van der Waals surface area contributed by atoms with E-state index in [2.05, 4.69) is 11.8 Å². The van der Waals surface area contributed by atoms with Gasteiger partial charge in [-0.25, -0.2) is 0 Å². The highest BCUT2D eigenvalue weighted by Gasteiger charge is 2.12. The lowest BCUT2D eigenvalue weighted by Crippen LogP contribution is -2.31. The molecule has 0 unspecified atom stereocenters. The van der Waals surface area contributed by atoms with Crippen molar-refractivity contribution < 1.29 is 19.1 Å². The normalized spacial score (nSPS) is 10.9. The zero-order valence-electron chi connectivity index (χ0n) is 21.5. The molecule has 0 aliphatic rings. The molecule has 0 atom stereocenters. The molecule has 0 N–H and O–H groups in total. The Morgan fingerprint density at radius 1 is 0.629 bits per heavy atom. The second kappa shape index (κ2) is 18.6. The zero-order chi connectivity index (χ0) is 25.0. The highest BCUT2D eigenvalue weighted by atomic mass is 16.5. The molecule has 0 aliphatic carbocycles. The third-order valence-electron chi connectivity index (χ3n) is 6.09. The molecule has 0 amide bonds. The molecule has 192 valence electrons. The summed E-state index contributed by atoms with van der Waals surface area (Å²) in [5.41, 5.74) is 2.33. The van der Waals surface area contributed by atoms with Crippen LogP contribution in [-0.2, 0) is 31.9 Å². The maximum atomic E-state index is 12.3. The SMILES string of the molecule is CCCCCCCCN(CCC(=O)OCCc1ccccc1)CCC(=O)OCCc1ccccc1. The van der Waals surface area contributed by atoms with Crippen LogP contribution in [0.3, 0.4) is 0 Å². The molecule has 2 rings (SSSR count). The van der Waals surface area contributed by atoms with Crippen molar-refractivity contribution in [2.45, 2.75) is 71.1 Å². The molecule has 5 heteroatoms. The summed E-state index contributed by atoms with van der Waals surface area (Å²) >= 11 is 0. The minimum Gasteiger partial charge on any atom is -0.465 e. The van der Waals surface area contributed by atoms with E-state index in [9.17, 15) is 9.59 Å². The van der Waals surface area contributed by atoms with E-state index >= 15 is 0 Å². The summed E-state index contributed by atoms with van der Waals surface area (Å²) in [4.78, 5) is 26.7. The lowest BCUT2D eigenvalue weighted by molar-refractivity contribution is -0.144. The van der Waals surface area contributed by atoms with Gasteiger partial charge in [0.15, 0.2) is 0 Å². The maximum Gasteiger partial charge on any atom is 0.307 e. The number of rotatable bonds is 19. The number of esters is 2. The lowest BCUT2D eigenvalue weighted by atomic mass is 10.1. The van der Waals surface area contributed by atoms with Gasteiger partial charge in [0.05, 0.1) is 26.1 Å². The summed E-state index contributed by atoms with van der Waals surface area (Å²) in [6.45, 7) is 5.12. The van der Waals surface area contributed by atoms with Crippen LogP contribution in [0.25, 0.3) is 0 Å². The smallest absolute Gasteiger partial charge is 0.307 e. The van der Waals surface area contributed by atoms with E-state index < -0.39 is 0 Å². The topological polar surface area (TPSA) is 55.8 Å². The van der Waals surface area contributed by atoms with Crippen molar-refractivity contribution in [2.75, 3.05) is 32.8 Å². The van der Waals surface area contributed by atoms with Gasteiger partial charge in [0.2, 0.25) is 0 Å². The van der Waals surface area contributed by atoms with Crippen molar-refractivity contribution in [3.63, 3.8) is 0 Å². The lowest BCUT2D eigenvalue weighted by Gasteiger charge is -2.21. The Kier molecular flexibility index (Phi) is 15.2. The number of benzene rings is 2. The number of unbranched alkanes of at least 4 members (excludes halogenated alkanes) is 5. The first kappa shape index (κ1) is 28.6. The molecule has 0 bridgehead atoms. The number of carbonyl (C=O) groups is 2. The molecular formula is C30H43NO4. The van der Waals surface area contributed by atoms with Crippen LogP contribution in [0.1, 0.15) is 69.4 Å². The van der Waals surface area contributed by atoms with Crippen molar-refractivity contribution >= 4 is 11.9 Å². The van der Waals surface area contributed by atoms with E-state index in [4.69, 9.17) is 9.47 Å². The Hall–Kier alpha value is -2.66. The van der Waals surface area contributed by atoms with Gasteiger partial charge in [0.25, 0.3) is 0 Å². The molecule has 5 nitrogen and oxygen atoms in total. The second-order valence-corrected chi connectivity index (χ2v) is 9.02. The summed E-state index contributed by atoms with van der Waals surface area (Å²) in [6, 6.07) is 20.1. The summed E-state index contributed by atoms with van der Waals surface area (Å²) in [5.74, 6) is -0.362. The number of nitrogens with zero attached hydrogens (tertiary/aromatic N) is 1. The molecule has 0 aliphatic heterocycles. The molecule has 0 saturated heterocycles. The standard InChI is InChI=1S/C30H43NO4/c1-2-3-4-5-6-13-22-31(23-18-29(32)34-25-20-27-14-9-7-10-15-27)24-19-30(33)35-26-21-28-16-11-8-12-17-28/h7-12,14-17H,2-6,13,18-26H2,1H3. The van der Waals surface area contributed by atoms with E-state index in [1.807, 2.05) is 60.7 Å². The quantitative estimate of drug-likeness (QED) is 0.182. The Labute approximate surface area is 211 Å². The van der Waals surface area contributed by atoms with E-state index in [-0.39, 0.29) is 11.9 Å². The first-order valence-corrected chi connectivity index (χ1v) is 13.3. The van der Waals surface area contributed by atoms with Gasteiger partial charge >= 0.3 is 11.9 Å². The van der Waals surface area contributed by atoms with Gasteiger partial charge < -0.3 is 14.4 Å². The summed E-state index contributed by atoms with van der Waals surface area (Å²) in [5, 5.41) is 0. The van der Waals surface area contributed by atoms with E-state index in [0.29, 0.717) is 39.1 Å². The van der Waals surface area contributed by atoms with E-state index in [1.165, 1.54) is 32.1 Å². The van der Waals surface area contributed by atoms with Crippen molar-refractivity contribution in [2.24, 2.45) is 0 Å².